The van der Waals surface area contributed by atoms with Crippen molar-refractivity contribution in [1.82, 2.24) is 25.5 Å². The topological polar surface area (TPSA) is 72.7 Å². The third-order valence-corrected chi connectivity index (χ3v) is 3.30. The van der Waals surface area contributed by atoms with Crippen molar-refractivity contribution in [2.45, 2.75) is 13.5 Å². The largest absolute Gasteiger partial charge is 0.348 e. The van der Waals surface area contributed by atoms with Crippen LogP contribution in [-0.2, 0) is 6.54 Å². The number of hydrogen-bond donors (Lipinski definition) is 1. The number of aromatic nitrogens is 4. The SMILES string of the molecule is Cc1nnnn1-c1ccc(C(=O)NCc2ccccc2)cc1. The van der Waals surface area contributed by atoms with Crippen LogP contribution in [0.4, 0.5) is 0 Å². The summed E-state index contributed by atoms with van der Waals surface area (Å²) in [6.45, 7) is 2.33. The number of carbonyl (C=O) groups is 1. The van der Waals surface area contributed by atoms with Crippen molar-refractivity contribution in [3.63, 3.8) is 0 Å². The first-order valence-corrected chi connectivity index (χ1v) is 6.91. The van der Waals surface area contributed by atoms with Gasteiger partial charge in [0, 0.05) is 12.1 Å². The summed E-state index contributed by atoms with van der Waals surface area (Å²) in [5.74, 6) is 0.588. The van der Waals surface area contributed by atoms with Gasteiger partial charge in [-0.3, -0.25) is 4.79 Å². The Morgan fingerprint density at radius 2 is 1.82 bits per heavy atom. The molecular weight excluding hydrogens is 278 g/mol. The Labute approximate surface area is 127 Å². The van der Waals surface area contributed by atoms with Crippen molar-refractivity contribution in [2.24, 2.45) is 0 Å². The molecule has 0 saturated carbocycles. The molecule has 3 aromatic rings. The standard InChI is InChI=1S/C16H15N5O/c1-12-18-19-20-21(12)15-9-7-14(8-10-15)16(22)17-11-13-5-3-2-4-6-13/h2-10H,11H2,1H3,(H,17,22). The van der Waals surface area contributed by atoms with Gasteiger partial charge in [-0.15, -0.1) is 5.10 Å². The van der Waals surface area contributed by atoms with E-state index < -0.39 is 0 Å². The molecule has 0 atom stereocenters. The zero-order valence-electron chi connectivity index (χ0n) is 12.1. The molecule has 0 fully saturated rings. The van der Waals surface area contributed by atoms with E-state index in [1.165, 1.54) is 0 Å². The first-order valence-electron chi connectivity index (χ1n) is 6.91. The number of amides is 1. The molecule has 1 heterocycles. The molecular formula is C16H15N5O. The lowest BCUT2D eigenvalue weighted by atomic mass is 10.2. The molecule has 0 aliphatic rings. The number of hydrogen-bond acceptors (Lipinski definition) is 4. The highest BCUT2D eigenvalue weighted by Gasteiger charge is 2.07. The lowest BCUT2D eigenvalue weighted by Gasteiger charge is -2.06. The summed E-state index contributed by atoms with van der Waals surface area (Å²) in [6.07, 6.45) is 0. The minimum absolute atomic E-state index is 0.108. The van der Waals surface area contributed by atoms with Crippen LogP contribution < -0.4 is 5.32 Å². The van der Waals surface area contributed by atoms with Crippen molar-refractivity contribution in [3.05, 3.63) is 71.5 Å². The summed E-state index contributed by atoms with van der Waals surface area (Å²) in [4.78, 5) is 12.1. The van der Waals surface area contributed by atoms with E-state index in [1.54, 1.807) is 16.8 Å². The average molecular weight is 293 g/mol. The van der Waals surface area contributed by atoms with Gasteiger partial charge in [0.1, 0.15) is 0 Å². The van der Waals surface area contributed by atoms with Crippen LogP contribution in [0.3, 0.4) is 0 Å². The van der Waals surface area contributed by atoms with Gasteiger partial charge in [0.15, 0.2) is 5.82 Å². The molecule has 1 amide bonds. The fourth-order valence-electron chi connectivity index (χ4n) is 2.10. The summed E-state index contributed by atoms with van der Waals surface area (Å²) < 4.78 is 1.62. The molecule has 0 spiro atoms. The molecule has 0 radical (unpaired) electrons. The van der Waals surface area contributed by atoms with Gasteiger partial charge in [-0.2, -0.15) is 4.68 Å². The first kappa shape index (κ1) is 13.9. The lowest BCUT2D eigenvalue weighted by molar-refractivity contribution is 0.0951. The summed E-state index contributed by atoms with van der Waals surface area (Å²) >= 11 is 0. The fraction of sp³-hybridized carbons (Fsp3) is 0.125. The Hall–Kier alpha value is -3.02. The van der Waals surface area contributed by atoms with Crippen LogP contribution in [0.15, 0.2) is 54.6 Å². The first-order chi connectivity index (χ1) is 10.7. The van der Waals surface area contributed by atoms with Crippen LogP contribution in [0.25, 0.3) is 5.69 Å². The van der Waals surface area contributed by atoms with Gasteiger partial charge in [-0.1, -0.05) is 30.3 Å². The van der Waals surface area contributed by atoms with E-state index in [-0.39, 0.29) is 5.91 Å². The maximum Gasteiger partial charge on any atom is 0.251 e. The predicted molar refractivity (Wildman–Crippen MR) is 81.5 cm³/mol. The van der Waals surface area contributed by atoms with Gasteiger partial charge in [0.2, 0.25) is 0 Å². The molecule has 1 N–H and O–H groups in total. The second kappa shape index (κ2) is 6.17. The van der Waals surface area contributed by atoms with E-state index in [1.807, 2.05) is 49.4 Å². The van der Waals surface area contributed by atoms with Crippen LogP contribution in [0.2, 0.25) is 0 Å². The Bertz CT molecular complexity index is 765. The molecule has 6 nitrogen and oxygen atoms in total. The number of carbonyl (C=O) groups excluding carboxylic acids is 1. The van der Waals surface area contributed by atoms with Gasteiger partial charge < -0.3 is 5.32 Å². The number of rotatable bonds is 4. The molecule has 110 valence electrons. The Morgan fingerprint density at radius 3 is 2.45 bits per heavy atom. The predicted octanol–water partition coefficient (Wildman–Crippen LogP) is 1.90. The van der Waals surface area contributed by atoms with Crippen molar-refractivity contribution in [3.8, 4) is 5.69 Å². The summed E-state index contributed by atoms with van der Waals surface area (Å²) in [5, 5.41) is 14.2. The van der Waals surface area contributed by atoms with E-state index in [2.05, 4.69) is 20.8 Å². The number of aryl methyl sites for hydroxylation is 1. The summed E-state index contributed by atoms with van der Waals surface area (Å²) in [6, 6.07) is 17.0. The summed E-state index contributed by atoms with van der Waals surface area (Å²) in [5.41, 5.74) is 2.49. The monoisotopic (exact) mass is 293 g/mol. The van der Waals surface area contributed by atoms with Crippen molar-refractivity contribution < 1.29 is 4.79 Å². The normalized spacial score (nSPS) is 10.4. The number of benzene rings is 2. The fourth-order valence-corrected chi connectivity index (χ4v) is 2.10. The van der Waals surface area contributed by atoms with Gasteiger partial charge in [0.25, 0.3) is 5.91 Å². The van der Waals surface area contributed by atoms with E-state index in [0.29, 0.717) is 17.9 Å². The maximum atomic E-state index is 12.1. The molecule has 1 aromatic heterocycles. The maximum absolute atomic E-state index is 12.1. The second-order valence-corrected chi connectivity index (χ2v) is 4.85. The van der Waals surface area contributed by atoms with Crippen LogP contribution >= 0.6 is 0 Å². The number of tetrazole rings is 1. The minimum atomic E-state index is -0.108. The molecule has 6 heteroatoms. The van der Waals surface area contributed by atoms with Crippen molar-refractivity contribution >= 4 is 5.91 Å². The van der Waals surface area contributed by atoms with Gasteiger partial charge in [0.05, 0.1) is 5.69 Å². The zero-order valence-corrected chi connectivity index (χ0v) is 12.1. The van der Waals surface area contributed by atoms with Gasteiger partial charge in [-0.05, 0) is 47.2 Å². The number of nitrogens with one attached hydrogen (secondary N) is 1. The van der Waals surface area contributed by atoms with Gasteiger partial charge >= 0.3 is 0 Å². The zero-order chi connectivity index (χ0) is 15.4. The smallest absolute Gasteiger partial charge is 0.251 e. The molecule has 0 aliphatic heterocycles. The highest BCUT2D eigenvalue weighted by molar-refractivity contribution is 5.94. The molecule has 0 unspecified atom stereocenters. The highest BCUT2D eigenvalue weighted by Crippen LogP contribution is 2.10. The lowest BCUT2D eigenvalue weighted by Crippen LogP contribution is -2.22. The van der Waals surface area contributed by atoms with E-state index in [9.17, 15) is 4.79 Å². The second-order valence-electron chi connectivity index (χ2n) is 4.85. The summed E-state index contributed by atoms with van der Waals surface area (Å²) in [7, 11) is 0. The van der Waals surface area contributed by atoms with Crippen LogP contribution in [0.1, 0.15) is 21.7 Å². The Balaban J connectivity index is 1.67. The third-order valence-electron chi connectivity index (χ3n) is 3.30. The number of nitrogens with zero attached hydrogens (tertiary/aromatic N) is 4. The van der Waals surface area contributed by atoms with E-state index in [0.717, 1.165) is 11.3 Å². The van der Waals surface area contributed by atoms with E-state index >= 15 is 0 Å². The quantitative estimate of drug-likeness (QED) is 0.797. The minimum Gasteiger partial charge on any atom is -0.348 e. The van der Waals surface area contributed by atoms with Crippen LogP contribution in [0.5, 0.6) is 0 Å². The average Bonchev–Trinajstić information content (AvgIpc) is 3.00. The molecule has 2 aromatic carbocycles. The Morgan fingerprint density at radius 1 is 1.09 bits per heavy atom. The van der Waals surface area contributed by atoms with E-state index in [4.69, 9.17) is 0 Å². The van der Waals surface area contributed by atoms with Crippen molar-refractivity contribution in [2.75, 3.05) is 0 Å². The Kier molecular flexibility index (Phi) is 3.91. The highest BCUT2D eigenvalue weighted by atomic mass is 16.1. The van der Waals surface area contributed by atoms with Crippen molar-refractivity contribution in [1.29, 1.82) is 0 Å². The van der Waals surface area contributed by atoms with Crippen LogP contribution in [-0.4, -0.2) is 26.1 Å². The van der Waals surface area contributed by atoms with Gasteiger partial charge in [-0.25, -0.2) is 0 Å². The molecule has 3 rings (SSSR count). The molecule has 0 saturated heterocycles. The molecule has 0 bridgehead atoms. The third kappa shape index (κ3) is 3.01. The molecule has 22 heavy (non-hydrogen) atoms. The molecule has 0 aliphatic carbocycles. The van der Waals surface area contributed by atoms with Crippen LogP contribution in [0, 0.1) is 6.92 Å².